The summed E-state index contributed by atoms with van der Waals surface area (Å²) in [7, 11) is -3.63. The number of aromatic nitrogens is 3. The summed E-state index contributed by atoms with van der Waals surface area (Å²) in [5.74, 6) is 0.384. The van der Waals surface area contributed by atoms with Crippen molar-refractivity contribution in [1.29, 1.82) is 0 Å². The van der Waals surface area contributed by atoms with Gasteiger partial charge in [-0.2, -0.15) is 0 Å². The zero-order chi connectivity index (χ0) is 15.2. The number of aromatic amines is 1. The second kappa shape index (κ2) is 5.15. The Hall–Kier alpha value is -1.77. The van der Waals surface area contributed by atoms with Crippen molar-refractivity contribution in [2.45, 2.75) is 23.8 Å². The lowest BCUT2D eigenvalue weighted by Crippen LogP contribution is -2.29. The van der Waals surface area contributed by atoms with Crippen LogP contribution in [0, 0.1) is 5.92 Å². The van der Waals surface area contributed by atoms with E-state index in [-0.39, 0.29) is 10.9 Å². The molecule has 114 valence electrons. The number of fused-ring (bicyclic) bond motifs is 1. The molecule has 1 aliphatic carbocycles. The van der Waals surface area contributed by atoms with Crippen molar-refractivity contribution >= 4 is 32.4 Å². The molecule has 0 aromatic carbocycles. The lowest BCUT2D eigenvalue weighted by molar-refractivity contribution is 0.534. The van der Waals surface area contributed by atoms with Crippen molar-refractivity contribution in [2.24, 2.45) is 5.92 Å². The molecule has 3 aromatic heterocycles. The zero-order valence-corrected chi connectivity index (χ0v) is 13.2. The highest BCUT2D eigenvalue weighted by molar-refractivity contribution is 7.89. The second-order valence-electron chi connectivity index (χ2n) is 5.39. The van der Waals surface area contributed by atoms with Crippen LogP contribution in [0.15, 0.2) is 41.1 Å². The van der Waals surface area contributed by atoms with E-state index in [9.17, 15) is 8.42 Å². The fraction of sp³-hybridized carbons (Fsp3) is 0.286. The van der Waals surface area contributed by atoms with Crippen LogP contribution in [0.5, 0.6) is 0 Å². The minimum atomic E-state index is -3.63. The lowest BCUT2D eigenvalue weighted by atomic mass is 10.2. The van der Waals surface area contributed by atoms with E-state index in [0.29, 0.717) is 17.0 Å². The van der Waals surface area contributed by atoms with Crippen LogP contribution in [0.25, 0.3) is 11.0 Å². The van der Waals surface area contributed by atoms with Crippen molar-refractivity contribution in [2.75, 3.05) is 0 Å². The van der Waals surface area contributed by atoms with Gasteiger partial charge >= 0.3 is 0 Å². The Morgan fingerprint density at radius 1 is 1.41 bits per heavy atom. The maximum Gasteiger partial charge on any atom is 0.243 e. The molecule has 22 heavy (non-hydrogen) atoms. The summed E-state index contributed by atoms with van der Waals surface area (Å²) < 4.78 is 28.4. The van der Waals surface area contributed by atoms with Gasteiger partial charge in [0, 0.05) is 17.3 Å². The average molecular weight is 334 g/mol. The van der Waals surface area contributed by atoms with Crippen LogP contribution in [-0.4, -0.2) is 23.4 Å². The predicted octanol–water partition coefficient (Wildman–Crippen LogP) is 2.45. The first kappa shape index (κ1) is 13.9. The summed E-state index contributed by atoms with van der Waals surface area (Å²) in [5.41, 5.74) is 0.523. The van der Waals surface area contributed by atoms with Gasteiger partial charge < -0.3 is 4.98 Å². The van der Waals surface area contributed by atoms with Crippen molar-refractivity contribution < 1.29 is 8.42 Å². The summed E-state index contributed by atoms with van der Waals surface area (Å²) in [4.78, 5) is 12.1. The molecule has 3 aromatic rings. The molecule has 0 saturated heterocycles. The van der Waals surface area contributed by atoms with Gasteiger partial charge in [0.15, 0.2) is 0 Å². The van der Waals surface area contributed by atoms with Crippen molar-refractivity contribution in [3.8, 4) is 0 Å². The third-order valence-electron chi connectivity index (χ3n) is 3.83. The Bertz CT molecular complexity index is 898. The summed E-state index contributed by atoms with van der Waals surface area (Å²) in [6.07, 6.45) is 6.50. The van der Waals surface area contributed by atoms with E-state index in [0.717, 1.165) is 17.7 Å². The zero-order valence-electron chi connectivity index (χ0n) is 11.6. The number of thiophene rings is 1. The quantitative estimate of drug-likeness (QED) is 0.750. The SMILES string of the molecule is O=S(=O)(NC(c1cccs1)C1CC1)c1c[nH]c2ncncc12. The smallest absolute Gasteiger partial charge is 0.243 e. The maximum absolute atomic E-state index is 12.8. The highest BCUT2D eigenvalue weighted by Gasteiger charge is 2.36. The number of nitrogens with zero attached hydrogens (tertiary/aromatic N) is 2. The van der Waals surface area contributed by atoms with Gasteiger partial charge in [-0.15, -0.1) is 11.3 Å². The number of rotatable bonds is 5. The van der Waals surface area contributed by atoms with Gasteiger partial charge in [-0.1, -0.05) is 6.07 Å². The Morgan fingerprint density at radius 2 is 2.27 bits per heavy atom. The number of hydrogen-bond donors (Lipinski definition) is 2. The van der Waals surface area contributed by atoms with E-state index in [4.69, 9.17) is 0 Å². The van der Waals surface area contributed by atoms with Gasteiger partial charge in [-0.05, 0) is 30.2 Å². The van der Waals surface area contributed by atoms with Crippen LogP contribution in [-0.2, 0) is 10.0 Å². The van der Waals surface area contributed by atoms with Crippen LogP contribution in [0.4, 0.5) is 0 Å². The minimum Gasteiger partial charge on any atom is -0.345 e. The maximum atomic E-state index is 12.8. The molecule has 1 aliphatic rings. The normalized spacial score (nSPS) is 16.9. The van der Waals surface area contributed by atoms with E-state index in [2.05, 4.69) is 19.7 Å². The van der Waals surface area contributed by atoms with Crippen molar-refractivity contribution in [3.63, 3.8) is 0 Å². The topological polar surface area (TPSA) is 87.7 Å². The first-order valence-electron chi connectivity index (χ1n) is 6.98. The van der Waals surface area contributed by atoms with Crippen LogP contribution >= 0.6 is 11.3 Å². The van der Waals surface area contributed by atoms with E-state index in [1.54, 1.807) is 11.3 Å². The number of nitrogens with one attached hydrogen (secondary N) is 2. The molecule has 0 amide bonds. The molecule has 6 nitrogen and oxygen atoms in total. The molecule has 1 saturated carbocycles. The molecule has 3 heterocycles. The molecule has 4 rings (SSSR count). The Labute approximate surface area is 131 Å². The van der Waals surface area contributed by atoms with E-state index < -0.39 is 10.0 Å². The van der Waals surface area contributed by atoms with Crippen LogP contribution < -0.4 is 4.72 Å². The monoisotopic (exact) mass is 334 g/mol. The number of H-pyrrole nitrogens is 1. The fourth-order valence-electron chi connectivity index (χ4n) is 2.57. The van der Waals surface area contributed by atoms with Gasteiger partial charge in [0.2, 0.25) is 10.0 Å². The Morgan fingerprint density at radius 3 is 3.00 bits per heavy atom. The van der Waals surface area contributed by atoms with Gasteiger partial charge in [0.25, 0.3) is 0 Å². The highest BCUT2D eigenvalue weighted by atomic mass is 32.2. The Balaban J connectivity index is 1.71. The molecule has 0 aliphatic heterocycles. The molecule has 2 N–H and O–H groups in total. The van der Waals surface area contributed by atoms with E-state index in [1.165, 1.54) is 18.7 Å². The van der Waals surface area contributed by atoms with Gasteiger partial charge in [-0.25, -0.2) is 23.1 Å². The summed E-state index contributed by atoms with van der Waals surface area (Å²) in [5, 5.41) is 2.48. The molecule has 1 atom stereocenters. The third kappa shape index (κ3) is 2.43. The van der Waals surface area contributed by atoms with E-state index >= 15 is 0 Å². The summed E-state index contributed by atoms with van der Waals surface area (Å²) in [6, 6.07) is 3.78. The van der Waals surface area contributed by atoms with Crippen LogP contribution in [0.1, 0.15) is 23.8 Å². The van der Waals surface area contributed by atoms with Crippen molar-refractivity contribution in [3.05, 3.63) is 41.1 Å². The molecule has 0 bridgehead atoms. The fourth-order valence-corrected chi connectivity index (χ4v) is 4.95. The Kier molecular flexibility index (Phi) is 3.24. The lowest BCUT2D eigenvalue weighted by Gasteiger charge is -2.16. The second-order valence-corrected chi connectivity index (χ2v) is 8.05. The molecule has 1 unspecified atom stereocenters. The van der Waals surface area contributed by atoms with E-state index in [1.807, 2.05) is 17.5 Å². The number of sulfonamides is 1. The van der Waals surface area contributed by atoms with Gasteiger partial charge in [0.1, 0.15) is 16.9 Å². The summed E-state index contributed by atoms with van der Waals surface area (Å²) >= 11 is 1.58. The average Bonchev–Trinajstić information content (AvgIpc) is 3.02. The van der Waals surface area contributed by atoms with Crippen molar-refractivity contribution in [1.82, 2.24) is 19.7 Å². The van der Waals surface area contributed by atoms with Crippen LogP contribution in [0.2, 0.25) is 0 Å². The summed E-state index contributed by atoms with van der Waals surface area (Å²) in [6.45, 7) is 0. The molecule has 8 heteroatoms. The molecular formula is C14H14N4O2S2. The molecular weight excluding hydrogens is 320 g/mol. The van der Waals surface area contributed by atoms with Gasteiger partial charge in [-0.3, -0.25) is 0 Å². The first-order valence-corrected chi connectivity index (χ1v) is 9.34. The highest BCUT2D eigenvalue weighted by Crippen LogP contribution is 2.43. The predicted molar refractivity (Wildman–Crippen MR) is 84.0 cm³/mol. The largest absolute Gasteiger partial charge is 0.345 e. The first-order chi connectivity index (χ1) is 10.6. The minimum absolute atomic E-state index is 0.153. The van der Waals surface area contributed by atoms with Crippen LogP contribution in [0.3, 0.4) is 0 Å². The third-order valence-corrected chi connectivity index (χ3v) is 6.27. The standard InChI is InChI=1S/C14H14N4O2S2/c19-22(20,12-7-16-14-10(12)6-15-8-17-14)18-13(9-3-4-9)11-2-1-5-21-11/h1-2,5-9,13,18H,3-4H2,(H,15,16,17). The molecule has 0 spiro atoms. The molecule has 1 fully saturated rings. The number of hydrogen-bond acceptors (Lipinski definition) is 5. The molecule has 0 radical (unpaired) electrons. The van der Waals surface area contributed by atoms with Gasteiger partial charge in [0.05, 0.1) is 11.4 Å².